The van der Waals surface area contributed by atoms with E-state index >= 15 is 0 Å². The van der Waals surface area contributed by atoms with Gasteiger partial charge in [-0.2, -0.15) is 0 Å². The summed E-state index contributed by atoms with van der Waals surface area (Å²) in [4.78, 5) is 0. The molecule has 0 amide bonds. The Morgan fingerprint density at radius 3 is 2.69 bits per heavy atom. The van der Waals surface area contributed by atoms with Crippen LogP contribution in [0.15, 0.2) is 30.3 Å². The molecule has 3 nitrogen and oxygen atoms in total. The predicted octanol–water partition coefficient (Wildman–Crippen LogP) is 0.807. The highest BCUT2D eigenvalue weighted by molar-refractivity contribution is 5.20. The molecule has 1 atom stereocenters. The predicted molar refractivity (Wildman–Crippen MR) is 51.3 cm³/mol. The molecule has 1 radical (unpaired) electrons. The van der Waals surface area contributed by atoms with E-state index in [1.165, 1.54) is 0 Å². The van der Waals surface area contributed by atoms with Crippen molar-refractivity contribution in [3.8, 4) is 5.75 Å². The molecule has 71 valence electrons. The van der Waals surface area contributed by atoms with Crippen LogP contribution in [0.25, 0.3) is 0 Å². The Balaban J connectivity index is 2.27. The molecule has 0 aliphatic heterocycles. The maximum Gasteiger partial charge on any atom is 0.139 e. The van der Waals surface area contributed by atoms with Crippen LogP contribution in [-0.2, 0) is 0 Å². The molecule has 0 fully saturated rings. The largest absolute Gasteiger partial charge is 0.489 e. The van der Waals surface area contributed by atoms with E-state index in [9.17, 15) is 5.11 Å². The van der Waals surface area contributed by atoms with Crippen LogP contribution in [0.2, 0.25) is 0 Å². The molecule has 1 aromatic rings. The first-order chi connectivity index (χ1) is 6.33. The molecule has 13 heavy (non-hydrogen) atoms. The summed E-state index contributed by atoms with van der Waals surface area (Å²) in [7, 11) is 0. The number of hydrogen-bond acceptors (Lipinski definition) is 3. The number of aliphatic hydroxyl groups is 1. The summed E-state index contributed by atoms with van der Waals surface area (Å²) in [5.41, 5.74) is 0. The lowest BCUT2D eigenvalue weighted by atomic mass is 10.3. The van der Waals surface area contributed by atoms with E-state index in [0.29, 0.717) is 6.54 Å². The lowest BCUT2D eigenvalue weighted by Crippen LogP contribution is -2.34. The van der Waals surface area contributed by atoms with E-state index in [-0.39, 0.29) is 6.61 Å². The van der Waals surface area contributed by atoms with Crippen molar-refractivity contribution in [1.29, 1.82) is 0 Å². The summed E-state index contributed by atoms with van der Waals surface area (Å²) in [6, 6.07) is 9.37. The molecule has 0 aliphatic carbocycles. The van der Waals surface area contributed by atoms with Crippen molar-refractivity contribution < 1.29 is 9.84 Å². The first kappa shape index (κ1) is 10.0. The van der Waals surface area contributed by atoms with Crippen molar-refractivity contribution in [3.63, 3.8) is 0 Å². The van der Waals surface area contributed by atoms with E-state index in [2.05, 4.69) is 12.2 Å². The van der Waals surface area contributed by atoms with Gasteiger partial charge < -0.3 is 9.84 Å². The average molecular weight is 180 g/mol. The second-order valence-electron chi connectivity index (χ2n) is 2.59. The molecule has 1 aromatic carbocycles. The van der Waals surface area contributed by atoms with Gasteiger partial charge in [0.15, 0.2) is 0 Å². The van der Waals surface area contributed by atoms with Crippen LogP contribution in [0.3, 0.4) is 0 Å². The number of para-hydroxylation sites is 1. The van der Waals surface area contributed by atoms with Gasteiger partial charge in [0.1, 0.15) is 18.6 Å². The second-order valence-corrected chi connectivity index (χ2v) is 2.59. The molecule has 0 spiro atoms. The third kappa shape index (κ3) is 3.92. The van der Waals surface area contributed by atoms with Crippen LogP contribution in [0.1, 0.15) is 0 Å². The third-order valence-electron chi connectivity index (χ3n) is 1.53. The molecular formula is C10H14NO2. The van der Waals surface area contributed by atoms with Crippen molar-refractivity contribution in [1.82, 2.24) is 5.32 Å². The Labute approximate surface area is 78.3 Å². The fourth-order valence-corrected chi connectivity index (χ4v) is 0.917. The summed E-state index contributed by atoms with van der Waals surface area (Å²) in [5, 5.41) is 12.0. The normalized spacial score (nSPS) is 12.5. The maximum absolute atomic E-state index is 9.23. The average Bonchev–Trinajstić information content (AvgIpc) is 2.17. The van der Waals surface area contributed by atoms with Crippen molar-refractivity contribution in [2.24, 2.45) is 0 Å². The van der Waals surface area contributed by atoms with Gasteiger partial charge in [0, 0.05) is 0 Å². The molecule has 1 unspecified atom stereocenters. The highest BCUT2D eigenvalue weighted by Gasteiger charge is 2.01. The summed E-state index contributed by atoms with van der Waals surface area (Å²) in [6.07, 6.45) is -0.655. The van der Waals surface area contributed by atoms with Crippen molar-refractivity contribution in [2.75, 3.05) is 13.2 Å². The maximum atomic E-state index is 9.23. The minimum absolute atomic E-state index is 0.236. The lowest BCUT2D eigenvalue weighted by Gasteiger charge is -2.12. The quantitative estimate of drug-likeness (QED) is 0.659. The van der Waals surface area contributed by atoms with Gasteiger partial charge >= 0.3 is 0 Å². The van der Waals surface area contributed by atoms with E-state index in [4.69, 9.17) is 4.74 Å². The zero-order chi connectivity index (χ0) is 9.52. The topological polar surface area (TPSA) is 41.5 Å². The summed E-state index contributed by atoms with van der Waals surface area (Å²) in [6.45, 7) is 4.28. The fraction of sp³-hybridized carbons (Fsp3) is 0.300. The van der Waals surface area contributed by atoms with E-state index in [1.807, 2.05) is 30.3 Å². The Bertz CT molecular complexity index is 226. The number of ether oxygens (including phenoxy) is 1. The second kappa shape index (κ2) is 5.56. The van der Waals surface area contributed by atoms with Gasteiger partial charge in [-0.15, -0.1) is 0 Å². The zero-order valence-corrected chi connectivity index (χ0v) is 7.44. The monoisotopic (exact) mass is 180 g/mol. The first-order valence-electron chi connectivity index (χ1n) is 4.21. The Kier molecular flexibility index (Phi) is 4.29. The SMILES string of the molecule is [CH2]CNC(O)COc1ccccc1. The van der Waals surface area contributed by atoms with Gasteiger partial charge in [0.25, 0.3) is 0 Å². The van der Waals surface area contributed by atoms with Crippen molar-refractivity contribution in [3.05, 3.63) is 37.3 Å². The highest BCUT2D eigenvalue weighted by atomic mass is 16.5. The zero-order valence-electron chi connectivity index (χ0n) is 7.44. The smallest absolute Gasteiger partial charge is 0.139 e. The van der Waals surface area contributed by atoms with Crippen LogP contribution >= 0.6 is 0 Å². The molecule has 0 aliphatic rings. The Hall–Kier alpha value is -1.06. The third-order valence-corrected chi connectivity index (χ3v) is 1.53. The van der Waals surface area contributed by atoms with Gasteiger partial charge in [0.05, 0.1) is 0 Å². The number of aliphatic hydroxyl groups excluding tert-OH is 1. The highest BCUT2D eigenvalue weighted by Crippen LogP contribution is 2.07. The Morgan fingerprint density at radius 1 is 1.38 bits per heavy atom. The molecule has 3 heteroatoms. The number of rotatable bonds is 5. The van der Waals surface area contributed by atoms with Crippen molar-refractivity contribution >= 4 is 0 Å². The van der Waals surface area contributed by atoms with Gasteiger partial charge in [-0.25, -0.2) is 0 Å². The number of benzene rings is 1. The molecule has 2 N–H and O–H groups in total. The van der Waals surface area contributed by atoms with Gasteiger partial charge in [0.2, 0.25) is 0 Å². The molecule has 1 rings (SSSR count). The van der Waals surface area contributed by atoms with E-state index in [1.54, 1.807) is 0 Å². The first-order valence-corrected chi connectivity index (χ1v) is 4.21. The Morgan fingerprint density at radius 2 is 2.08 bits per heavy atom. The van der Waals surface area contributed by atoms with E-state index in [0.717, 1.165) is 5.75 Å². The van der Waals surface area contributed by atoms with Crippen LogP contribution < -0.4 is 10.1 Å². The molecule has 0 aromatic heterocycles. The van der Waals surface area contributed by atoms with E-state index < -0.39 is 6.23 Å². The minimum Gasteiger partial charge on any atom is -0.489 e. The summed E-state index contributed by atoms with van der Waals surface area (Å²) in [5.74, 6) is 0.757. The summed E-state index contributed by atoms with van der Waals surface area (Å²) < 4.78 is 5.28. The number of hydrogen-bond donors (Lipinski definition) is 2. The van der Waals surface area contributed by atoms with Crippen LogP contribution in [0, 0.1) is 6.92 Å². The van der Waals surface area contributed by atoms with Crippen molar-refractivity contribution in [2.45, 2.75) is 6.23 Å². The number of nitrogens with one attached hydrogen (secondary N) is 1. The molecule has 0 saturated heterocycles. The molecular weight excluding hydrogens is 166 g/mol. The van der Waals surface area contributed by atoms with Gasteiger partial charge in [-0.3, -0.25) is 5.32 Å². The molecule has 0 saturated carbocycles. The fourth-order valence-electron chi connectivity index (χ4n) is 0.917. The standard InChI is InChI=1S/C10H14NO2/c1-2-11-10(12)8-13-9-6-4-3-5-7-9/h3-7,10-12H,1-2,8H2. The molecule has 0 heterocycles. The molecule has 0 bridgehead atoms. The van der Waals surface area contributed by atoms with Gasteiger partial charge in [-0.1, -0.05) is 18.2 Å². The minimum atomic E-state index is -0.655. The lowest BCUT2D eigenvalue weighted by molar-refractivity contribution is 0.0821. The summed E-state index contributed by atoms with van der Waals surface area (Å²) >= 11 is 0. The van der Waals surface area contributed by atoms with Crippen LogP contribution in [-0.4, -0.2) is 24.5 Å². The van der Waals surface area contributed by atoms with Crippen LogP contribution in [0.4, 0.5) is 0 Å². The van der Waals surface area contributed by atoms with Crippen LogP contribution in [0.5, 0.6) is 5.75 Å². The van der Waals surface area contributed by atoms with Gasteiger partial charge in [-0.05, 0) is 25.6 Å².